The van der Waals surface area contributed by atoms with Crippen molar-refractivity contribution in [2.75, 3.05) is 13.2 Å². The smallest absolute Gasteiger partial charge is 0.341 e. The highest BCUT2D eigenvalue weighted by atomic mass is 19.3. The molecule has 8 nitrogen and oxygen atoms in total. The predicted molar refractivity (Wildman–Crippen MR) is 86.9 cm³/mol. The van der Waals surface area contributed by atoms with Crippen molar-refractivity contribution in [1.82, 2.24) is 9.97 Å². The molecule has 0 aromatic carbocycles. The summed E-state index contributed by atoms with van der Waals surface area (Å²) in [7, 11) is 0. The van der Waals surface area contributed by atoms with E-state index in [4.69, 9.17) is 15.3 Å². The van der Waals surface area contributed by atoms with Crippen molar-refractivity contribution in [2.24, 2.45) is 0 Å². The van der Waals surface area contributed by atoms with E-state index in [0.29, 0.717) is 0 Å². The van der Waals surface area contributed by atoms with E-state index in [-0.39, 0.29) is 11.4 Å². The average Bonchev–Trinajstić information content (AvgIpc) is 2.67. The van der Waals surface area contributed by atoms with Gasteiger partial charge in [0.25, 0.3) is 12.9 Å². The van der Waals surface area contributed by atoms with Crippen molar-refractivity contribution in [3.63, 3.8) is 0 Å². The van der Waals surface area contributed by atoms with Crippen LogP contribution in [0.5, 0.6) is 5.88 Å². The zero-order valence-corrected chi connectivity index (χ0v) is 14.4. The van der Waals surface area contributed by atoms with Gasteiger partial charge in [-0.2, -0.15) is 4.39 Å². The van der Waals surface area contributed by atoms with Crippen LogP contribution < -0.4 is 4.74 Å². The fourth-order valence-electron chi connectivity index (χ4n) is 1.36. The lowest BCUT2D eigenvalue weighted by atomic mass is 10.3. The van der Waals surface area contributed by atoms with Crippen LogP contribution in [0.4, 0.5) is 22.0 Å². The molecule has 0 bridgehead atoms. The van der Waals surface area contributed by atoms with E-state index in [9.17, 15) is 31.5 Å². The van der Waals surface area contributed by atoms with Gasteiger partial charge in [-0.05, 0) is 24.3 Å². The van der Waals surface area contributed by atoms with Crippen LogP contribution in [-0.4, -0.2) is 63.3 Å². The second-order valence-electron chi connectivity index (χ2n) is 4.58. The maximum Gasteiger partial charge on any atom is 0.341 e. The second kappa shape index (κ2) is 13.8. The minimum atomic E-state index is -2.65. The van der Waals surface area contributed by atoms with Crippen LogP contribution in [0.3, 0.4) is 0 Å². The van der Waals surface area contributed by atoms with Crippen LogP contribution in [0.2, 0.25) is 0 Å². The number of hydrogen-bond donors (Lipinski definition) is 3. The number of alkyl halides is 4. The fraction of sp³-hybridized carbons (Fsp3) is 0.250. The second-order valence-corrected chi connectivity index (χ2v) is 4.58. The van der Waals surface area contributed by atoms with Gasteiger partial charge in [0.1, 0.15) is 17.7 Å². The number of aromatic nitrogens is 2. The maximum absolute atomic E-state index is 12.3. The standard InChI is InChI=1S/C8H7F2NO3.C6H4FNO2.C2H4F2O/c9-6(10)4-14-7-5(8(12)13)2-1-3-11-7;7-5-4(6(9)10)2-1-3-8-5;3-2(4)1-5/h1-3,6H,4H2,(H,12,13);1-3H,(H,9,10);2,5H,1H2. The number of aliphatic hydroxyl groups is 1. The summed E-state index contributed by atoms with van der Waals surface area (Å²) >= 11 is 0. The third-order valence-corrected chi connectivity index (χ3v) is 2.48. The number of ether oxygens (including phenoxy) is 1. The number of carbonyl (C=O) groups is 2. The van der Waals surface area contributed by atoms with Gasteiger partial charge in [-0.1, -0.05) is 0 Å². The number of carboxylic acids is 2. The Hall–Kier alpha value is -3.35. The van der Waals surface area contributed by atoms with Crippen molar-refractivity contribution >= 4 is 11.9 Å². The molecule has 0 fully saturated rings. The van der Waals surface area contributed by atoms with Gasteiger partial charge < -0.3 is 20.1 Å². The van der Waals surface area contributed by atoms with Gasteiger partial charge in [0.15, 0.2) is 6.61 Å². The van der Waals surface area contributed by atoms with Crippen LogP contribution in [-0.2, 0) is 0 Å². The summed E-state index contributed by atoms with van der Waals surface area (Å²) in [5.74, 6) is -3.80. The first-order chi connectivity index (χ1) is 13.6. The normalized spacial score (nSPS) is 9.79. The molecule has 0 spiro atoms. The van der Waals surface area contributed by atoms with Gasteiger partial charge in [-0.3, -0.25) is 0 Å². The van der Waals surface area contributed by atoms with Gasteiger partial charge in [0.2, 0.25) is 11.8 Å². The Labute approximate surface area is 160 Å². The summed E-state index contributed by atoms with van der Waals surface area (Å²) in [5.41, 5.74) is -0.629. The first kappa shape index (κ1) is 25.7. The molecule has 0 amide bonds. The zero-order valence-electron chi connectivity index (χ0n) is 14.4. The first-order valence-electron chi connectivity index (χ1n) is 7.42. The third-order valence-electron chi connectivity index (χ3n) is 2.48. The largest absolute Gasteiger partial charge is 0.478 e. The number of nitrogens with zero attached hydrogens (tertiary/aromatic N) is 2. The van der Waals surface area contributed by atoms with Crippen LogP contribution in [0.25, 0.3) is 0 Å². The van der Waals surface area contributed by atoms with E-state index in [1.807, 2.05) is 0 Å². The molecule has 0 saturated carbocycles. The fourth-order valence-corrected chi connectivity index (χ4v) is 1.36. The third kappa shape index (κ3) is 11.2. The quantitative estimate of drug-likeness (QED) is 0.475. The summed E-state index contributed by atoms with van der Waals surface area (Å²) in [6, 6.07) is 5.14. The van der Waals surface area contributed by atoms with Gasteiger partial charge >= 0.3 is 11.9 Å². The monoisotopic (exact) mass is 426 g/mol. The maximum atomic E-state index is 12.3. The van der Waals surface area contributed by atoms with E-state index in [2.05, 4.69) is 14.7 Å². The van der Waals surface area contributed by atoms with Crippen molar-refractivity contribution < 1.29 is 51.6 Å². The molecule has 2 aromatic heterocycles. The van der Waals surface area contributed by atoms with E-state index in [1.54, 1.807) is 0 Å². The van der Waals surface area contributed by atoms with Gasteiger partial charge in [-0.15, -0.1) is 0 Å². The van der Waals surface area contributed by atoms with Crippen molar-refractivity contribution in [3.05, 3.63) is 53.7 Å². The number of aromatic carboxylic acids is 2. The Morgan fingerprint density at radius 2 is 1.41 bits per heavy atom. The number of rotatable bonds is 6. The Kier molecular flexibility index (Phi) is 12.2. The lowest BCUT2D eigenvalue weighted by Crippen LogP contribution is -2.11. The molecular weight excluding hydrogens is 411 g/mol. The van der Waals surface area contributed by atoms with E-state index >= 15 is 0 Å². The molecule has 0 atom stereocenters. The van der Waals surface area contributed by atoms with E-state index in [0.717, 1.165) is 6.07 Å². The summed E-state index contributed by atoms with van der Waals surface area (Å²) in [6.45, 7) is -1.89. The molecule has 0 aliphatic carbocycles. The van der Waals surface area contributed by atoms with Crippen molar-refractivity contribution in [3.8, 4) is 5.88 Å². The van der Waals surface area contributed by atoms with Crippen LogP contribution in [0.1, 0.15) is 20.7 Å². The molecule has 0 aliphatic heterocycles. The molecule has 160 valence electrons. The molecule has 13 heteroatoms. The first-order valence-corrected chi connectivity index (χ1v) is 7.42. The highest BCUT2D eigenvalue weighted by Crippen LogP contribution is 2.14. The number of halogens is 5. The highest BCUT2D eigenvalue weighted by Gasteiger charge is 2.13. The van der Waals surface area contributed by atoms with Crippen LogP contribution in [0, 0.1) is 5.95 Å². The van der Waals surface area contributed by atoms with Gasteiger partial charge in [0, 0.05) is 12.4 Å². The lowest BCUT2D eigenvalue weighted by Gasteiger charge is -2.06. The summed E-state index contributed by atoms with van der Waals surface area (Å²) < 4.78 is 61.4. The van der Waals surface area contributed by atoms with E-state index < -0.39 is 49.5 Å². The van der Waals surface area contributed by atoms with Crippen molar-refractivity contribution in [1.29, 1.82) is 0 Å². The SMILES string of the molecule is O=C(O)c1cccnc1F.O=C(O)c1cccnc1OCC(F)F.OCC(F)F. The van der Waals surface area contributed by atoms with Gasteiger partial charge in [0.05, 0.1) is 0 Å². The average molecular weight is 426 g/mol. The van der Waals surface area contributed by atoms with Crippen LogP contribution >= 0.6 is 0 Å². The molecule has 29 heavy (non-hydrogen) atoms. The molecule has 0 saturated heterocycles. The van der Waals surface area contributed by atoms with Crippen LogP contribution in [0.15, 0.2) is 36.7 Å². The molecule has 0 aliphatic rings. The molecule has 2 rings (SSSR count). The summed E-state index contributed by atoms with van der Waals surface area (Å²) in [5, 5.41) is 24.3. The molecule has 0 radical (unpaired) electrons. The topological polar surface area (TPSA) is 130 Å². The van der Waals surface area contributed by atoms with Gasteiger partial charge in [-0.25, -0.2) is 37.1 Å². The van der Waals surface area contributed by atoms with Crippen molar-refractivity contribution in [2.45, 2.75) is 12.9 Å². The Bertz CT molecular complexity index is 779. The molecule has 2 heterocycles. The minimum absolute atomic E-state index is 0.229. The zero-order chi connectivity index (χ0) is 22.4. The highest BCUT2D eigenvalue weighted by molar-refractivity contribution is 5.90. The number of hydrogen-bond acceptors (Lipinski definition) is 6. The van der Waals surface area contributed by atoms with E-state index in [1.165, 1.54) is 30.6 Å². The predicted octanol–water partition coefficient (Wildman–Crippen LogP) is 2.59. The number of pyridine rings is 2. The molecular formula is C16H15F5N2O6. The molecule has 2 aromatic rings. The lowest BCUT2D eigenvalue weighted by molar-refractivity contribution is 0.0654. The Morgan fingerprint density at radius 1 is 0.931 bits per heavy atom. The minimum Gasteiger partial charge on any atom is -0.478 e. The number of aliphatic hydroxyl groups excluding tert-OH is 1. The summed E-state index contributed by atoms with van der Waals surface area (Å²) in [4.78, 5) is 27.4. The Morgan fingerprint density at radius 3 is 1.79 bits per heavy atom. The molecule has 0 unspecified atom stereocenters. The number of carboxylic acid groups (broad SMARTS) is 2. The summed E-state index contributed by atoms with van der Waals surface area (Å²) in [6.07, 6.45) is -2.75. The molecule has 3 N–H and O–H groups in total. The Balaban J connectivity index is 0.000000455.